The fourth-order valence-corrected chi connectivity index (χ4v) is 3.14. The van der Waals surface area contributed by atoms with Gasteiger partial charge in [-0.25, -0.2) is 9.20 Å². The van der Waals surface area contributed by atoms with Crippen molar-refractivity contribution in [3.05, 3.63) is 51.2 Å². The van der Waals surface area contributed by atoms with Crippen LogP contribution in [0.2, 0.25) is 0 Å². The average Bonchev–Trinajstić information content (AvgIpc) is 3.17. The van der Waals surface area contributed by atoms with Crippen molar-refractivity contribution in [1.82, 2.24) is 28.7 Å². The number of benzene rings is 1. The highest BCUT2D eigenvalue weighted by atomic mass is 16.2. The molecule has 3 aromatic heterocycles. The van der Waals surface area contributed by atoms with Gasteiger partial charge in [0.05, 0.1) is 0 Å². The van der Waals surface area contributed by atoms with E-state index in [-0.39, 0.29) is 0 Å². The van der Waals surface area contributed by atoms with E-state index in [9.17, 15) is 9.59 Å². The number of H-pyrrole nitrogens is 1. The van der Waals surface area contributed by atoms with E-state index < -0.39 is 11.2 Å². The monoisotopic (exact) mass is 338 g/mol. The van der Waals surface area contributed by atoms with Crippen LogP contribution in [0.5, 0.6) is 0 Å². The van der Waals surface area contributed by atoms with Crippen molar-refractivity contribution in [3.8, 4) is 11.4 Å². The minimum Gasteiger partial charge on any atom is -0.302 e. The van der Waals surface area contributed by atoms with Crippen LogP contribution in [0.15, 0.2) is 39.9 Å². The maximum atomic E-state index is 12.5. The molecule has 1 N–H and O–H groups in total. The van der Waals surface area contributed by atoms with Crippen molar-refractivity contribution >= 4 is 16.9 Å². The van der Waals surface area contributed by atoms with Crippen LogP contribution in [-0.4, -0.2) is 28.7 Å². The quantitative estimate of drug-likeness (QED) is 0.611. The number of aryl methyl sites for hydroxylation is 2. The summed E-state index contributed by atoms with van der Waals surface area (Å²) in [6.07, 6.45) is 1.88. The lowest BCUT2D eigenvalue weighted by Crippen LogP contribution is -2.29. The molecule has 0 aliphatic rings. The van der Waals surface area contributed by atoms with Gasteiger partial charge in [-0.1, -0.05) is 43.7 Å². The molecule has 1 aromatic carbocycles. The third kappa shape index (κ3) is 2.21. The second-order valence-electron chi connectivity index (χ2n) is 6.02. The maximum Gasteiger partial charge on any atom is 0.329 e. The zero-order valence-electron chi connectivity index (χ0n) is 14.1. The van der Waals surface area contributed by atoms with E-state index in [4.69, 9.17) is 0 Å². The number of hydrogen-bond acceptors (Lipinski definition) is 4. The summed E-state index contributed by atoms with van der Waals surface area (Å²) >= 11 is 0. The Kier molecular flexibility index (Phi) is 3.52. The second kappa shape index (κ2) is 5.73. The number of aromatic nitrogens is 6. The highest BCUT2D eigenvalue weighted by Gasteiger charge is 2.22. The molecule has 0 saturated heterocycles. The molecule has 25 heavy (non-hydrogen) atoms. The van der Waals surface area contributed by atoms with Gasteiger partial charge in [-0.15, -0.1) is 10.2 Å². The summed E-state index contributed by atoms with van der Waals surface area (Å²) in [5.41, 5.74) is 0.956. The second-order valence-corrected chi connectivity index (χ2v) is 6.02. The van der Waals surface area contributed by atoms with Gasteiger partial charge in [-0.2, -0.15) is 0 Å². The Bertz CT molecular complexity index is 1180. The van der Waals surface area contributed by atoms with E-state index in [1.165, 1.54) is 4.57 Å². The van der Waals surface area contributed by atoms with Crippen LogP contribution in [0.1, 0.15) is 19.8 Å². The summed E-state index contributed by atoms with van der Waals surface area (Å²) < 4.78 is 5.06. The molecule has 0 amide bonds. The normalized spacial score (nSPS) is 11.6. The minimum atomic E-state index is -0.459. The lowest BCUT2D eigenvalue weighted by Gasteiger charge is -2.04. The third-order valence-electron chi connectivity index (χ3n) is 4.41. The molecule has 3 heterocycles. The number of aromatic amines is 1. The largest absolute Gasteiger partial charge is 0.329 e. The number of imidazole rings is 1. The van der Waals surface area contributed by atoms with Gasteiger partial charge in [-0.05, 0) is 6.42 Å². The van der Waals surface area contributed by atoms with Crippen LogP contribution in [-0.2, 0) is 13.6 Å². The molecule has 0 bridgehead atoms. The highest BCUT2D eigenvalue weighted by molar-refractivity contribution is 5.79. The summed E-state index contributed by atoms with van der Waals surface area (Å²) in [5.74, 6) is 1.17. The number of nitrogens with zero attached hydrogens (tertiary/aromatic N) is 5. The van der Waals surface area contributed by atoms with Crippen molar-refractivity contribution in [2.45, 2.75) is 26.3 Å². The third-order valence-corrected chi connectivity index (χ3v) is 4.41. The van der Waals surface area contributed by atoms with E-state index in [2.05, 4.69) is 22.1 Å². The van der Waals surface area contributed by atoms with Gasteiger partial charge in [0.2, 0.25) is 5.78 Å². The Morgan fingerprint density at radius 1 is 1.12 bits per heavy atom. The Labute approximate surface area is 142 Å². The van der Waals surface area contributed by atoms with Crippen molar-refractivity contribution in [3.63, 3.8) is 0 Å². The Morgan fingerprint density at radius 3 is 2.60 bits per heavy atom. The summed E-state index contributed by atoms with van der Waals surface area (Å²) in [6, 6.07) is 9.61. The van der Waals surface area contributed by atoms with Crippen LogP contribution in [0.4, 0.5) is 0 Å². The molecule has 8 heteroatoms. The van der Waals surface area contributed by atoms with E-state index in [0.717, 1.165) is 18.4 Å². The van der Waals surface area contributed by atoms with Crippen LogP contribution in [0.3, 0.4) is 0 Å². The number of nitrogens with one attached hydrogen (secondary N) is 1. The van der Waals surface area contributed by atoms with Gasteiger partial charge < -0.3 is 4.57 Å². The zero-order chi connectivity index (χ0) is 17.6. The molecule has 0 spiro atoms. The number of unbranched alkanes of at least 4 members (excludes halogenated alkanes) is 1. The van der Waals surface area contributed by atoms with Gasteiger partial charge in [0.1, 0.15) is 0 Å². The first-order valence-electron chi connectivity index (χ1n) is 8.25. The summed E-state index contributed by atoms with van der Waals surface area (Å²) in [5, 5.41) is 8.61. The first kappa shape index (κ1) is 15.4. The summed E-state index contributed by atoms with van der Waals surface area (Å²) in [7, 11) is 1.64. The molecular formula is C17H18N6O2. The predicted octanol–water partition coefficient (Wildman–Crippen LogP) is 1.54. The average molecular weight is 338 g/mol. The lowest BCUT2D eigenvalue weighted by atomic mass is 10.2. The highest BCUT2D eigenvalue weighted by Crippen LogP contribution is 2.24. The van der Waals surface area contributed by atoms with Gasteiger partial charge in [0, 0.05) is 19.2 Å². The molecule has 0 aliphatic heterocycles. The van der Waals surface area contributed by atoms with Gasteiger partial charge in [-0.3, -0.25) is 14.3 Å². The lowest BCUT2D eigenvalue weighted by molar-refractivity contribution is 0.653. The fourth-order valence-electron chi connectivity index (χ4n) is 3.14. The molecule has 128 valence electrons. The van der Waals surface area contributed by atoms with Crippen LogP contribution in [0, 0.1) is 0 Å². The Hall–Kier alpha value is -3.16. The van der Waals surface area contributed by atoms with Crippen molar-refractivity contribution in [1.29, 1.82) is 0 Å². The zero-order valence-corrected chi connectivity index (χ0v) is 14.1. The molecule has 4 aromatic rings. The molecule has 8 nitrogen and oxygen atoms in total. The number of rotatable bonds is 4. The van der Waals surface area contributed by atoms with E-state index >= 15 is 0 Å². The Morgan fingerprint density at radius 2 is 1.88 bits per heavy atom. The maximum absolute atomic E-state index is 12.5. The minimum absolute atomic E-state index is 0.404. The summed E-state index contributed by atoms with van der Waals surface area (Å²) in [6.45, 7) is 2.72. The van der Waals surface area contributed by atoms with Gasteiger partial charge in [0.25, 0.3) is 5.56 Å². The van der Waals surface area contributed by atoms with Crippen LogP contribution < -0.4 is 11.2 Å². The van der Waals surface area contributed by atoms with E-state index in [1.807, 2.05) is 34.9 Å². The Balaban J connectivity index is 2.18. The topological polar surface area (TPSA) is 90.0 Å². The molecule has 0 saturated carbocycles. The van der Waals surface area contributed by atoms with Crippen molar-refractivity contribution < 1.29 is 0 Å². The molecular weight excluding hydrogens is 320 g/mol. The first-order valence-corrected chi connectivity index (χ1v) is 8.25. The molecule has 0 fully saturated rings. The molecule has 0 unspecified atom stereocenters. The molecule has 0 radical (unpaired) electrons. The van der Waals surface area contributed by atoms with Crippen molar-refractivity contribution in [2.24, 2.45) is 7.05 Å². The number of hydrogen-bond donors (Lipinski definition) is 1. The first-order chi connectivity index (χ1) is 12.1. The predicted molar refractivity (Wildman–Crippen MR) is 94.7 cm³/mol. The molecule has 0 atom stereocenters. The van der Waals surface area contributed by atoms with Gasteiger partial charge in [0.15, 0.2) is 17.0 Å². The number of fused-ring (bicyclic) bond motifs is 3. The fraction of sp³-hybridized carbons (Fsp3) is 0.294. The van der Waals surface area contributed by atoms with E-state index in [0.29, 0.717) is 29.3 Å². The van der Waals surface area contributed by atoms with E-state index in [1.54, 1.807) is 11.4 Å². The molecule has 0 aliphatic carbocycles. The summed E-state index contributed by atoms with van der Waals surface area (Å²) in [4.78, 5) is 27.0. The standard InChI is InChI=1S/C17H18N6O2/c1-3-4-10-22-12-14(24)18-17(25)21(2)15(12)23-13(19-20-16(22)23)11-8-6-5-7-9-11/h5-9H,3-4,10H2,1-2H3,(H,18,24,25). The SMILES string of the molecule is CCCCn1c2c(=O)[nH]c(=O)n(C)c2n2c(-c3ccccc3)nnc12. The smallest absolute Gasteiger partial charge is 0.302 e. The van der Waals surface area contributed by atoms with Gasteiger partial charge >= 0.3 is 5.69 Å². The molecule has 4 rings (SSSR count). The van der Waals surface area contributed by atoms with Crippen molar-refractivity contribution in [2.75, 3.05) is 0 Å². The van der Waals surface area contributed by atoms with Crippen LogP contribution >= 0.6 is 0 Å². The van der Waals surface area contributed by atoms with Crippen LogP contribution in [0.25, 0.3) is 28.3 Å².